The third kappa shape index (κ3) is 1.87. The fraction of sp³-hybridized carbons (Fsp3) is 0.357. The van der Waals surface area contributed by atoms with E-state index in [2.05, 4.69) is 32.0 Å². The molecule has 0 heterocycles. The van der Waals surface area contributed by atoms with Gasteiger partial charge in [-0.1, -0.05) is 32.0 Å². The number of carbonyl (C=O) groups is 1. The highest BCUT2D eigenvalue weighted by Gasteiger charge is 2.15. The zero-order chi connectivity index (χ0) is 11.0. The zero-order valence-corrected chi connectivity index (χ0v) is 9.50. The van der Waals surface area contributed by atoms with E-state index in [0.29, 0.717) is 12.3 Å². The fourth-order valence-corrected chi connectivity index (χ4v) is 2.03. The van der Waals surface area contributed by atoms with Crippen molar-refractivity contribution in [2.45, 2.75) is 33.1 Å². The summed E-state index contributed by atoms with van der Waals surface area (Å²) in [7, 11) is 0. The van der Waals surface area contributed by atoms with Gasteiger partial charge in [-0.2, -0.15) is 0 Å². The second-order valence-electron chi connectivity index (χ2n) is 4.54. The van der Waals surface area contributed by atoms with E-state index < -0.39 is 0 Å². The summed E-state index contributed by atoms with van der Waals surface area (Å²) in [4.78, 5) is 11.4. The van der Waals surface area contributed by atoms with Gasteiger partial charge in [0.2, 0.25) is 0 Å². The molecule has 2 rings (SSSR count). The molecule has 1 aromatic rings. The van der Waals surface area contributed by atoms with Crippen LogP contribution in [0.3, 0.4) is 0 Å². The van der Waals surface area contributed by atoms with Gasteiger partial charge in [0.15, 0.2) is 5.78 Å². The average molecular weight is 200 g/mol. The lowest BCUT2D eigenvalue weighted by Gasteiger charge is -2.16. The van der Waals surface area contributed by atoms with Crippen molar-refractivity contribution in [2.24, 2.45) is 0 Å². The van der Waals surface area contributed by atoms with Gasteiger partial charge in [0.1, 0.15) is 0 Å². The van der Waals surface area contributed by atoms with Crippen molar-refractivity contribution in [2.75, 3.05) is 0 Å². The van der Waals surface area contributed by atoms with Gasteiger partial charge in [-0.3, -0.25) is 4.79 Å². The number of ketones is 1. The molecule has 78 valence electrons. The molecule has 1 aromatic carbocycles. The third-order valence-corrected chi connectivity index (χ3v) is 2.97. The second kappa shape index (κ2) is 3.65. The molecule has 0 aromatic heterocycles. The van der Waals surface area contributed by atoms with Crippen LogP contribution in [0.2, 0.25) is 0 Å². The summed E-state index contributed by atoms with van der Waals surface area (Å²) in [5.41, 5.74) is 4.87. The molecule has 0 spiro atoms. The SMILES string of the molecule is CC1=CC(=O)Cc2ccc(C(C)C)cc21. The van der Waals surface area contributed by atoms with Crippen LogP contribution in [0.4, 0.5) is 0 Å². The molecule has 0 fully saturated rings. The number of allylic oxidation sites excluding steroid dienone is 2. The second-order valence-corrected chi connectivity index (χ2v) is 4.54. The lowest BCUT2D eigenvalue weighted by Crippen LogP contribution is -2.08. The molecular weight excluding hydrogens is 184 g/mol. The number of rotatable bonds is 1. The summed E-state index contributed by atoms with van der Waals surface area (Å²) in [5.74, 6) is 0.762. The van der Waals surface area contributed by atoms with E-state index in [-0.39, 0.29) is 5.78 Å². The molecule has 1 nitrogen and oxygen atoms in total. The van der Waals surface area contributed by atoms with Crippen LogP contribution in [-0.2, 0) is 11.2 Å². The topological polar surface area (TPSA) is 17.1 Å². The molecule has 0 saturated carbocycles. The van der Waals surface area contributed by atoms with Gasteiger partial charge in [0.05, 0.1) is 0 Å². The van der Waals surface area contributed by atoms with Crippen LogP contribution in [0.15, 0.2) is 24.3 Å². The summed E-state index contributed by atoms with van der Waals surface area (Å²) >= 11 is 0. The van der Waals surface area contributed by atoms with Gasteiger partial charge in [0.25, 0.3) is 0 Å². The fourth-order valence-electron chi connectivity index (χ4n) is 2.03. The van der Waals surface area contributed by atoms with Gasteiger partial charge >= 0.3 is 0 Å². The third-order valence-electron chi connectivity index (χ3n) is 2.97. The Balaban J connectivity index is 2.52. The van der Waals surface area contributed by atoms with Crippen molar-refractivity contribution in [3.63, 3.8) is 0 Å². The van der Waals surface area contributed by atoms with Crippen LogP contribution in [0.1, 0.15) is 43.4 Å². The van der Waals surface area contributed by atoms with E-state index in [1.165, 1.54) is 16.7 Å². The van der Waals surface area contributed by atoms with Crippen LogP contribution >= 0.6 is 0 Å². The summed E-state index contributed by atoms with van der Waals surface area (Å²) < 4.78 is 0. The molecule has 0 radical (unpaired) electrons. The lowest BCUT2D eigenvalue weighted by atomic mass is 9.88. The number of benzene rings is 1. The van der Waals surface area contributed by atoms with Crippen LogP contribution in [0, 0.1) is 0 Å². The van der Waals surface area contributed by atoms with E-state index in [1.807, 2.05) is 6.92 Å². The number of hydrogen-bond acceptors (Lipinski definition) is 1. The Bertz CT molecular complexity index is 439. The van der Waals surface area contributed by atoms with Crippen molar-refractivity contribution < 1.29 is 4.79 Å². The van der Waals surface area contributed by atoms with E-state index in [0.717, 1.165) is 5.57 Å². The van der Waals surface area contributed by atoms with Crippen molar-refractivity contribution in [3.8, 4) is 0 Å². The molecule has 1 heteroatoms. The average Bonchev–Trinajstić information content (AvgIpc) is 2.16. The van der Waals surface area contributed by atoms with Crippen molar-refractivity contribution in [1.82, 2.24) is 0 Å². The molecule has 0 unspecified atom stereocenters. The Kier molecular flexibility index (Phi) is 2.47. The van der Waals surface area contributed by atoms with Crippen LogP contribution in [0.5, 0.6) is 0 Å². The van der Waals surface area contributed by atoms with Crippen molar-refractivity contribution >= 4 is 11.4 Å². The largest absolute Gasteiger partial charge is 0.294 e. The molecule has 0 saturated heterocycles. The molecule has 1 aliphatic rings. The van der Waals surface area contributed by atoms with Crippen molar-refractivity contribution in [1.29, 1.82) is 0 Å². The van der Waals surface area contributed by atoms with Gasteiger partial charge < -0.3 is 0 Å². The minimum Gasteiger partial charge on any atom is -0.294 e. The van der Waals surface area contributed by atoms with E-state index in [1.54, 1.807) is 6.08 Å². The number of hydrogen-bond donors (Lipinski definition) is 0. The number of carbonyl (C=O) groups excluding carboxylic acids is 1. The normalized spacial score (nSPS) is 15.2. The Morgan fingerprint density at radius 1 is 1.27 bits per heavy atom. The highest BCUT2D eigenvalue weighted by Crippen LogP contribution is 2.27. The predicted molar refractivity (Wildman–Crippen MR) is 62.9 cm³/mol. The van der Waals surface area contributed by atoms with Crippen molar-refractivity contribution in [3.05, 3.63) is 41.0 Å². The van der Waals surface area contributed by atoms with Gasteiger partial charge in [-0.15, -0.1) is 0 Å². The van der Waals surface area contributed by atoms with Crippen LogP contribution in [0.25, 0.3) is 5.57 Å². The number of fused-ring (bicyclic) bond motifs is 1. The maximum Gasteiger partial charge on any atom is 0.160 e. The molecule has 0 atom stereocenters. The molecule has 0 bridgehead atoms. The van der Waals surface area contributed by atoms with Crippen LogP contribution in [-0.4, -0.2) is 5.78 Å². The van der Waals surface area contributed by atoms with E-state index in [4.69, 9.17) is 0 Å². The monoisotopic (exact) mass is 200 g/mol. The van der Waals surface area contributed by atoms with Gasteiger partial charge in [-0.05, 0) is 41.2 Å². The Morgan fingerprint density at radius 2 is 2.00 bits per heavy atom. The van der Waals surface area contributed by atoms with Crippen LogP contribution < -0.4 is 0 Å². The first-order valence-electron chi connectivity index (χ1n) is 5.42. The van der Waals surface area contributed by atoms with E-state index in [9.17, 15) is 4.79 Å². The maximum atomic E-state index is 11.4. The quantitative estimate of drug-likeness (QED) is 0.679. The minimum absolute atomic E-state index is 0.220. The molecule has 0 N–H and O–H groups in total. The van der Waals surface area contributed by atoms with Gasteiger partial charge in [0, 0.05) is 6.42 Å². The predicted octanol–water partition coefficient (Wildman–Crippen LogP) is 3.34. The lowest BCUT2D eigenvalue weighted by molar-refractivity contribution is -0.114. The Morgan fingerprint density at radius 3 is 2.67 bits per heavy atom. The highest BCUT2D eigenvalue weighted by molar-refractivity contribution is 6.01. The summed E-state index contributed by atoms with van der Waals surface area (Å²) in [6, 6.07) is 6.45. The first-order chi connectivity index (χ1) is 7.08. The highest BCUT2D eigenvalue weighted by atomic mass is 16.1. The molecule has 1 aliphatic carbocycles. The first-order valence-corrected chi connectivity index (χ1v) is 5.42. The zero-order valence-electron chi connectivity index (χ0n) is 9.50. The minimum atomic E-state index is 0.220. The molecule has 0 amide bonds. The summed E-state index contributed by atoms with van der Waals surface area (Å²) in [6.45, 7) is 6.39. The molecule has 15 heavy (non-hydrogen) atoms. The van der Waals surface area contributed by atoms with E-state index >= 15 is 0 Å². The molecular formula is C14H16O. The Labute approximate surface area is 90.8 Å². The molecule has 0 aliphatic heterocycles. The smallest absolute Gasteiger partial charge is 0.160 e. The maximum absolute atomic E-state index is 11.4. The Hall–Kier alpha value is -1.37. The standard InChI is InChI=1S/C14H16O/c1-9(2)11-4-5-12-7-13(15)6-10(3)14(12)8-11/h4-6,8-9H,7H2,1-3H3. The van der Waals surface area contributed by atoms with Gasteiger partial charge in [-0.25, -0.2) is 0 Å². The summed E-state index contributed by atoms with van der Waals surface area (Å²) in [5, 5.41) is 0. The first kappa shape index (κ1) is 10.2. The summed E-state index contributed by atoms with van der Waals surface area (Å²) in [6.07, 6.45) is 2.32.